The average molecular weight is 236 g/mol. The molecule has 17 heavy (non-hydrogen) atoms. The van der Waals surface area contributed by atoms with Crippen molar-refractivity contribution < 1.29 is 9.84 Å². The van der Waals surface area contributed by atoms with E-state index in [1.165, 1.54) is 5.56 Å². The molecular weight excluding hydrogens is 212 g/mol. The highest BCUT2D eigenvalue weighted by Gasteiger charge is 2.20. The molecule has 0 aliphatic heterocycles. The van der Waals surface area contributed by atoms with Gasteiger partial charge in [-0.1, -0.05) is 44.5 Å². The van der Waals surface area contributed by atoms with Gasteiger partial charge in [-0.05, 0) is 30.9 Å². The summed E-state index contributed by atoms with van der Waals surface area (Å²) in [6.07, 6.45) is 2.31. The molecule has 1 N–H and O–H groups in total. The van der Waals surface area contributed by atoms with Gasteiger partial charge in [0.2, 0.25) is 0 Å². The van der Waals surface area contributed by atoms with E-state index < -0.39 is 6.10 Å². The highest BCUT2D eigenvalue weighted by atomic mass is 16.5. The summed E-state index contributed by atoms with van der Waals surface area (Å²) >= 11 is 0. The summed E-state index contributed by atoms with van der Waals surface area (Å²) in [5.41, 5.74) is 2.23. The van der Waals surface area contributed by atoms with Gasteiger partial charge in [0.1, 0.15) is 6.10 Å². The third-order valence-corrected chi connectivity index (χ3v) is 3.01. The van der Waals surface area contributed by atoms with E-state index in [1.54, 1.807) is 0 Å². The largest absolute Gasteiger partial charge is 0.386 e. The van der Waals surface area contributed by atoms with Crippen LogP contribution in [0.25, 0.3) is 0 Å². The van der Waals surface area contributed by atoms with Crippen LogP contribution >= 0.6 is 0 Å². The van der Waals surface area contributed by atoms with Crippen LogP contribution in [0.5, 0.6) is 0 Å². The van der Waals surface area contributed by atoms with Gasteiger partial charge >= 0.3 is 0 Å². The molecule has 0 heterocycles. The van der Waals surface area contributed by atoms with Crippen molar-refractivity contribution in [1.82, 2.24) is 0 Å². The number of ether oxygens (including phenoxy) is 1. The van der Waals surface area contributed by atoms with Crippen LogP contribution in [0.1, 0.15) is 50.8 Å². The standard InChI is InChI=1S/C15H24O2/c1-4-8-14(17-6-3)15(16)13-10-7-9-12(5-2)11-13/h7,9-11,14-16H,4-6,8H2,1-3H3. The second kappa shape index (κ2) is 7.46. The number of aliphatic hydroxyl groups excluding tert-OH is 1. The molecule has 0 fully saturated rings. The average Bonchev–Trinajstić information content (AvgIpc) is 2.38. The number of rotatable bonds is 7. The molecule has 0 spiro atoms. The first kappa shape index (κ1) is 14.2. The fourth-order valence-electron chi connectivity index (χ4n) is 2.04. The van der Waals surface area contributed by atoms with Crippen LogP contribution in [0, 0.1) is 0 Å². The normalized spacial score (nSPS) is 14.6. The Labute approximate surface area is 105 Å². The monoisotopic (exact) mass is 236 g/mol. The molecule has 96 valence electrons. The van der Waals surface area contributed by atoms with E-state index in [0.29, 0.717) is 6.61 Å². The Hall–Kier alpha value is -0.860. The molecule has 0 saturated heterocycles. The Morgan fingerprint density at radius 1 is 1.24 bits per heavy atom. The molecule has 0 aliphatic rings. The third-order valence-electron chi connectivity index (χ3n) is 3.01. The first-order valence-electron chi connectivity index (χ1n) is 6.61. The zero-order valence-corrected chi connectivity index (χ0v) is 11.1. The van der Waals surface area contributed by atoms with E-state index >= 15 is 0 Å². The quantitative estimate of drug-likeness (QED) is 0.785. The van der Waals surface area contributed by atoms with E-state index in [-0.39, 0.29) is 6.10 Å². The molecule has 1 rings (SSSR count). The van der Waals surface area contributed by atoms with Gasteiger partial charge < -0.3 is 9.84 Å². The Morgan fingerprint density at radius 3 is 2.59 bits per heavy atom. The minimum Gasteiger partial charge on any atom is -0.386 e. The third kappa shape index (κ3) is 4.14. The molecule has 0 aromatic heterocycles. The van der Waals surface area contributed by atoms with Gasteiger partial charge in [-0.25, -0.2) is 0 Å². The van der Waals surface area contributed by atoms with Crippen molar-refractivity contribution in [2.24, 2.45) is 0 Å². The lowest BCUT2D eigenvalue weighted by Gasteiger charge is -2.23. The molecule has 2 nitrogen and oxygen atoms in total. The second-order valence-electron chi connectivity index (χ2n) is 4.33. The van der Waals surface area contributed by atoms with Gasteiger partial charge in [0.25, 0.3) is 0 Å². The zero-order chi connectivity index (χ0) is 12.7. The summed E-state index contributed by atoms with van der Waals surface area (Å²) in [7, 11) is 0. The van der Waals surface area contributed by atoms with Crippen molar-refractivity contribution in [2.75, 3.05) is 6.61 Å². The van der Waals surface area contributed by atoms with E-state index in [9.17, 15) is 5.11 Å². The minimum absolute atomic E-state index is 0.0860. The molecular formula is C15H24O2. The Kier molecular flexibility index (Phi) is 6.23. The first-order chi connectivity index (χ1) is 8.22. The minimum atomic E-state index is -0.513. The van der Waals surface area contributed by atoms with Crippen molar-refractivity contribution in [3.05, 3.63) is 35.4 Å². The summed E-state index contributed by atoms with van der Waals surface area (Å²) < 4.78 is 5.62. The van der Waals surface area contributed by atoms with Crippen LogP contribution in [0.3, 0.4) is 0 Å². The topological polar surface area (TPSA) is 29.5 Å². The highest BCUT2D eigenvalue weighted by molar-refractivity contribution is 5.25. The zero-order valence-electron chi connectivity index (χ0n) is 11.1. The predicted octanol–water partition coefficient (Wildman–Crippen LogP) is 3.49. The smallest absolute Gasteiger partial charge is 0.105 e. The van der Waals surface area contributed by atoms with Gasteiger partial charge in [-0.2, -0.15) is 0 Å². The van der Waals surface area contributed by atoms with Crippen molar-refractivity contribution in [3.63, 3.8) is 0 Å². The van der Waals surface area contributed by atoms with Crippen LogP contribution < -0.4 is 0 Å². The summed E-state index contributed by atoms with van der Waals surface area (Å²) in [4.78, 5) is 0. The Morgan fingerprint density at radius 2 is 2.00 bits per heavy atom. The SMILES string of the molecule is CCCC(OCC)C(O)c1cccc(CC)c1. The summed E-state index contributed by atoms with van der Waals surface area (Å²) in [6, 6.07) is 8.15. The second-order valence-corrected chi connectivity index (χ2v) is 4.33. The van der Waals surface area contributed by atoms with Crippen molar-refractivity contribution in [2.45, 2.75) is 52.2 Å². The maximum atomic E-state index is 10.3. The van der Waals surface area contributed by atoms with Crippen LogP contribution in [0.15, 0.2) is 24.3 Å². The molecule has 0 radical (unpaired) electrons. The van der Waals surface area contributed by atoms with E-state index in [2.05, 4.69) is 26.0 Å². The van der Waals surface area contributed by atoms with E-state index in [0.717, 1.165) is 24.8 Å². The molecule has 0 amide bonds. The Bertz CT molecular complexity index is 316. The fraction of sp³-hybridized carbons (Fsp3) is 0.600. The van der Waals surface area contributed by atoms with Crippen LogP contribution in [-0.2, 0) is 11.2 Å². The number of hydrogen-bond donors (Lipinski definition) is 1. The summed E-state index contributed by atoms with van der Waals surface area (Å²) in [5, 5.41) is 10.3. The van der Waals surface area contributed by atoms with E-state index in [1.807, 2.05) is 19.1 Å². The lowest BCUT2D eigenvalue weighted by molar-refractivity contribution is -0.0384. The lowest BCUT2D eigenvalue weighted by Crippen LogP contribution is -2.22. The molecule has 2 atom stereocenters. The molecule has 2 heteroatoms. The lowest BCUT2D eigenvalue weighted by atomic mass is 9.98. The van der Waals surface area contributed by atoms with Crippen molar-refractivity contribution in [3.8, 4) is 0 Å². The van der Waals surface area contributed by atoms with Crippen molar-refractivity contribution >= 4 is 0 Å². The number of aliphatic hydroxyl groups is 1. The molecule has 0 bridgehead atoms. The van der Waals surface area contributed by atoms with Gasteiger partial charge in [0, 0.05) is 6.61 Å². The first-order valence-corrected chi connectivity index (χ1v) is 6.61. The van der Waals surface area contributed by atoms with Crippen molar-refractivity contribution in [1.29, 1.82) is 0 Å². The highest BCUT2D eigenvalue weighted by Crippen LogP contribution is 2.23. The molecule has 2 unspecified atom stereocenters. The molecule has 0 saturated carbocycles. The van der Waals surface area contributed by atoms with Gasteiger partial charge in [0.05, 0.1) is 6.10 Å². The fourth-order valence-corrected chi connectivity index (χ4v) is 2.04. The van der Waals surface area contributed by atoms with Crippen LogP contribution in [-0.4, -0.2) is 17.8 Å². The number of hydrogen-bond acceptors (Lipinski definition) is 2. The molecule has 1 aromatic carbocycles. The van der Waals surface area contributed by atoms with E-state index in [4.69, 9.17) is 4.74 Å². The number of aryl methyl sites for hydroxylation is 1. The molecule has 1 aromatic rings. The predicted molar refractivity (Wildman–Crippen MR) is 71.1 cm³/mol. The van der Waals surface area contributed by atoms with Gasteiger partial charge in [-0.15, -0.1) is 0 Å². The van der Waals surface area contributed by atoms with Gasteiger partial charge in [0.15, 0.2) is 0 Å². The maximum absolute atomic E-state index is 10.3. The number of benzene rings is 1. The Balaban J connectivity index is 2.79. The maximum Gasteiger partial charge on any atom is 0.105 e. The van der Waals surface area contributed by atoms with Gasteiger partial charge in [-0.3, -0.25) is 0 Å². The van der Waals surface area contributed by atoms with Crippen LogP contribution in [0.4, 0.5) is 0 Å². The summed E-state index contributed by atoms with van der Waals surface area (Å²) in [6.45, 7) is 6.85. The molecule has 0 aliphatic carbocycles. The van der Waals surface area contributed by atoms with Crippen LogP contribution in [0.2, 0.25) is 0 Å². The summed E-state index contributed by atoms with van der Waals surface area (Å²) in [5.74, 6) is 0.